The maximum Gasteiger partial charge on any atom is 0.180 e. The van der Waals surface area contributed by atoms with Crippen LogP contribution in [0.25, 0.3) is 22.2 Å². The van der Waals surface area contributed by atoms with Gasteiger partial charge in [-0.1, -0.05) is 29.3 Å². The summed E-state index contributed by atoms with van der Waals surface area (Å²) in [5, 5.41) is 4.35. The lowest BCUT2D eigenvalue weighted by Crippen LogP contribution is -1.91. The highest BCUT2D eigenvalue weighted by molar-refractivity contribution is 7.13. The van der Waals surface area contributed by atoms with Crippen molar-refractivity contribution in [2.24, 2.45) is 0 Å². The zero-order valence-corrected chi connectivity index (χ0v) is 12.3. The van der Waals surface area contributed by atoms with Crippen LogP contribution in [0.5, 0.6) is 0 Å². The third kappa shape index (κ3) is 2.16. The Labute approximate surface area is 124 Å². The summed E-state index contributed by atoms with van der Waals surface area (Å²) in [6.45, 7) is 1.91. The molecule has 3 aromatic rings. The molecule has 0 radical (unpaired) electrons. The van der Waals surface area contributed by atoms with Crippen LogP contribution in [-0.2, 0) is 0 Å². The number of hydrogen-bond acceptors (Lipinski definition) is 4. The molecule has 19 heavy (non-hydrogen) atoms. The van der Waals surface area contributed by atoms with Gasteiger partial charge in [-0.25, -0.2) is 4.98 Å². The molecule has 0 spiro atoms. The highest BCUT2D eigenvalue weighted by atomic mass is 35.5. The van der Waals surface area contributed by atoms with Crippen molar-refractivity contribution in [2.45, 2.75) is 6.92 Å². The summed E-state index contributed by atoms with van der Waals surface area (Å²) in [5.74, 6) is 0. The van der Waals surface area contributed by atoms with Gasteiger partial charge in [0, 0.05) is 22.0 Å². The first-order valence-corrected chi connectivity index (χ1v) is 7.16. The highest BCUT2D eigenvalue weighted by Crippen LogP contribution is 2.36. The summed E-state index contributed by atoms with van der Waals surface area (Å²) in [5.41, 5.74) is 9.04. The number of fused-ring (bicyclic) bond motifs is 1. The van der Waals surface area contributed by atoms with E-state index in [0.29, 0.717) is 20.7 Å². The summed E-state index contributed by atoms with van der Waals surface area (Å²) in [6.07, 6.45) is 0. The second-order valence-electron chi connectivity index (χ2n) is 4.14. The number of thiazole rings is 1. The standard InChI is InChI=1S/C13H9Cl2N3S/c1-6-4-8(10-5-19-13(16)18-10)7-2-3-9(14)11(15)12(7)17-6/h2-5H,1H3,(H2,16,18). The molecule has 6 heteroatoms. The van der Waals surface area contributed by atoms with Gasteiger partial charge in [0.05, 0.1) is 21.3 Å². The van der Waals surface area contributed by atoms with Gasteiger partial charge in [0.15, 0.2) is 5.13 Å². The summed E-state index contributed by atoms with van der Waals surface area (Å²) >= 11 is 13.7. The van der Waals surface area contributed by atoms with Gasteiger partial charge >= 0.3 is 0 Å². The smallest absolute Gasteiger partial charge is 0.180 e. The quantitative estimate of drug-likeness (QED) is 0.717. The Bertz CT molecular complexity index is 783. The van der Waals surface area contributed by atoms with Gasteiger partial charge < -0.3 is 5.73 Å². The lowest BCUT2D eigenvalue weighted by molar-refractivity contribution is 1.25. The number of benzene rings is 1. The predicted octanol–water partition coefficient (Wildman–Crippen LogP) is 4.56. The fourth-order valence-corrected chi connectivity index (χ4v) is 2.91. The first-order valence-electron chi connectivity index (χ1n) is 5.53. The SMILES string of the molecule is Cc1cc(-c2csc(N)n2)c2ccc(Cl)c(Cl)c2n1. The molecule has 2 aromatic heterocycles. The van der Waals surface area contributed by atoms with Crippen LogP contribution in [0.4, 0.5) is 5.13 Å². The highest BCUT2D eigenvalue weighted by Gasteiger charge is 2.13. The van der Waals surface area contributed by atoms with Gasteiger partial charge in [-0.2, -0.15) is 0 Å². The van der Waals surface area contributed by atoms with Crippen molar-refractivity contribution < 1.29 is 0 Å². The van der Waals surface area contributed by atoms with Gasteiger partial charge in [0.2, 0.25) is 0 Å². The molecule has 0 amide bonds. The van der Waals surface area contributed by atoms with Crippen molar-refractivity contribution in [3.8, 4) is 11.3 Å². The predicted molar refractivity (Wildman–Crippen MR) is 82.0 cm³/mol. The lowest BCUT2D eigenvalue weighted by Gasteiger charge is -2.08. The molecule has 0 bridgehead atoms. The molecule has 0 saturated heterocycles. The van der Waals surface area contributed by atoms with E-state index in [2.05, 4.69) is 9.97 Å². The van der Waals surface area contributed by atoms with Crippen LogP contribution in [0.2, 0.25) is 10.0 Å². The van der Waals surface area contributed by atoms with Crippen molar-refractivity contribution in [2.75, 3.05) is 5.73 Å². The van der Waals surface area contributed by atoms with Crippen LogP contribution >= 0.6 is 34.5 Å². The number of nitrogen functional groups attached to an aromatic ring is 1. The normalized spacial score (nSPS) is 11.1. The van der Waals surface area contributed by atoms with E-state index < -0.39 is 0 Å². The molecule has 0 saturated carbocycles. The molecule has 0 aliphatic heterocycles. The zero-order valence-electron chi connectivity index (χ0n) is 9.95. The Morgan fingerprint density at radius 2 is 2.00 bits per heavy atom. The number of hydrogen-bond donors (Lipinski definition) is 1. The van der Waals surface area contributed by atoms with Crippen LogP contribution < -0.4 is 5.73 Å². The lowest BCUT2D eigenvalue weighted by atomic mass is 10.1. The molecule has 0 fully saturated rings. The van der Waals surface area contributed by atoms with E-state index in [1.54, 1.807) is 6.07 Å². The van der Waals surface area contributed by atoms with Gasteiger partial charge in [-0.3, -0.25) is 4.98 Å². The third-order valence-electron chi connectivity index (χ3n) is 2.80. The largest absolute Gasteiger partial charge is 0.375 e. The molecule has 0 unspecified atom stereocenters. The number of pyridine rings is 1. The molecule has 3 rings (SSSR count). The van der Waals surface area contributed by atoms with Crippen LogP contribution in [0.3, 0.4) is 0 Å². The first-order chi connectivity index (χ1) is 9.06. The molecule has 0 atom stereocenters. The van der Waals surface area contributed by atoms with Crippen molar-refractivity contribution in [1.82, 2.24) is 9.97 Å². The van der Waals surface area contributed by atoms with Crippen molar-refractivity contribution >= 4 is 50.6 Å². The van der Waals surface area contributed by atoms with Crippen LogP contribution in [0, 0.1) is 6.92 Å². The molecule has 0 aliphatic rings. The van der Waals surface area contributed by atoms with Gasteiger partial charge in [0.25, 0.3) is 0 Å². The molecule has 3 nitrogen and oxygen atoms in total. The van der Waals surface area contributed by atoms with Crippen LogP contribution in [0.15, 0.2) is 23.6 Å². The molecule has 2 heterocycles. The molecule has 96 valence electrons. The van der Waals surface area contributed by atoms with E-state index in [0.717, 1.165) is 22.3 Å². The average Bonchev–Trinajstić information content (AvgIpc) is 2.80. The number of rotatable bonds is 1. The maximum atomic E-state index is 6.23. The molecule has 1 aromatic carbocycles. The molecular formula is C13H9Cl2N3S. The summed E-state index contributed by atoms with van der Waals surface area (Å²) < 4.78 is 0. The fraction of sp³-hybridized carbons (Fsp3) is 0.0769. The summed E-state index contributed by atoms with van der Waals surface area (Å²) in [6, 6.07) is 5.64. The Morgan fingerprint density at radius 1 is 1.21 bits per heavy atom. The number of aromatic nitrogens is 2. The molecule has 0 aliphatic carbocycles. The fourth-order valence-electron chi connectivity index (χ4n) is 1.99. The minimum Gasteiger partial charge on any atom is -0.375 e. The van der Waals surface area contributed by atoms with Crippen molar-refractivity contribution in [3.05, 3.63) is 39.3 Å². The second kappa shape index (κ2) is 4.63. The van der Waals surface area contributed by atoms with E-state index in [1.807, 2.05) is 24.4 Å². The van der Waals surface area contributed by atoms with Crippen LogP contribution in [0.1, 0.15) is 5.69 Å². The minimum absolute atomic E-state index is 0.465. The Morgan fingerprint density at radius 3 is 2.68 bits per heavy atom. The van der Waals surface area contributed by atoms with Gasteiger partial charge in [0.1, 0.15) is 0 Å². The summed E-state index contributed by atoms with van der Waals surface area (Å²) in [7, 11) is 0. The van der Waals surface area contributed by atoms with Crippen molar-refractivity contribution in [1.29, 1.82) is 0 Å². The molecular weight excluding hydrogens is 301 g/mol. The van der Waals surface area contributed by atoms with Gasteiger partial charge in [-0.05, 0) is 19.1 Å². The first kappa shape index (κ1) is 12.7. The molecule has 2 N–H and O–H groups in total. The minimum atomic E-state index is 0.465. The van der Waals surface area contributed by atoms with E-state index in [1.165, 1.54) is 11.3 Å². The van der Waals surface area contributed by atoms with E-state index in [-0.39, 0.29) is 0 Å². The summed E-state index contributed by atoms with van der Waals surface area (Å²) in [4.78, 5) is 8.77. The number of nitrogens with two attached hydrogens (primary N) is 1. The Kier molecular flexibility index (Phi) is 3.09. The number of nitrogens with zero attached hydrogens (tertiary/aromatic N) is 2. The maximum absolute atomic E-state index is 6.23. The Hall–Kier alpha value is -1.36. The van der Waals surface area contributed by atoms with Gasteiger partial charge in [-0.15, -0.1) is 11.3 Å². The zero-order chi connectivity index (χ0) is 13.6. The second-order valence-corrected chi connectivity index (χ2v) is 5.81. The average molecular weight is 310 g/mol. The number of aryl methyl sites for hydroxylation is 1. The van der Waals surface area contributed by atoms with Crippen LogP contribution in [-0.4, -0.2) is 9.97 Å². The van der Waals surface area contributed by atoms with E-state index >= 15 is 0 Å². The number of anilines is 1. The van der Waals surface area contributed by atoms with E-state index in [4.69, 9.17) is 28.9 Å². The number of halogens is 2. The Balaban J connectivity index is 2.39. The third-order valence-corrected chi connectivity index (χ3v) is 4.27. The van der Waals surface area contributed by atoms with Crippen molar-refractivity contribution in [3.63, 3.8) is 0 Å². The monoisotopic (exact) mass is 309 g/mol. The topological polar surface area (TPSA) is 51.8 Å². The van der Waals surface area contributed by atoms with E-state index in [9.17, 15) is 0 Å².